The van der Waals surface area contributed by atoms with Crippen LogP contribution in [0.3, 0.4) is 0 Å². The van der Waals surface area contributed by atoms with Gasteiger partial charge in [-0.25, -0.2) is 0 Å². The third-order valence-corrected chi connectivity index (χ3v) is 4.83. The van der Waals surface area contributed by atoms with Crippen LogP contribution in [0.1, 0.15) is 43.2 Å². The number of hydrogen-bond donors (Lipinski definition) is 0. The first-order chi connectivity index (χ1) is 9.81. The summed E-state index contributed by atoms with van der Waals surface area (Å²) in [5.41, 5.74) is 2.60. The van der Waals surface area contributed by atoms with E-state index in [2.05, 4.69) is 31.2 Å². The quantitative estimate of drug-likeness (QED) is 0.826. The Labute approximate surface area is 122 Å². The van der Waals surface area contributed by atoms with Crippen molar-refractivity contribution in [1.82, 2.24) is 0 Å². The molecule has 1 saturated heterocycles. The summed E-state index contributed by atoms with van der Waals surface area (Å²) in [4.78, 5) is 0. The summed E-state index contributed by atoms with van der Waals surface area (Å²) < 4.78 is 11.9. The van der Waals surface area contributed by atoms with Crippen molar-refractivity contribution in [3.8, 4) is 0 Å². The highest BCUT2D eigenvalue weighted by molar-refractivity contribution is 5.21. The van der Waals surface area contributed by atoms with Crippen LogP contribution in [0.15, 0.2) is 24.3 Å². The molecule has 2 aliphatic rings. The number of rotatable bonds is 3. The van der Waals surface area contributed by atoms with E-state index >= 15 is 0 Å². The second-order valence-electron chi connectivity index (χ2n) is 6.44. The van der Waals surface area contributed by atoms with Gasteiger partial charge in [0.25, 0.3) is 0 Å². The first kappa shape index (κ1) is 14.1. The molecule has 0 bridgehead atoms. The molecule has 2 fully saturated rings. The van der Waals surface area contributed by atoms with Crippen LogP contribution in [-0.2, 0) is 15.9 Å². The lowest BCUT2D eigenvalue weighted by molar-refractivity contribution is -0.208. The SMILES string of the molecule is Cc1ccc(CC2OCC(C3CCCCC3)CO2)cc1. The van der Waals surface area contributed by atoms with Gasteiger partial charge in [0.05, 0.1) is 13.2 Å². The molecule has 0 radical (unpaired) electrons. The molecule has 1 saturated carbocycles. The van der Waals surface area contributed by atoms with Crippen LogP contribution in [0.2, 0.25) is 0 Å². The molecule has 0 atom stereocenters. The van der Waals surface area contributed by atoms with Gasteiger partial charge in [-0.3, -0.25) is 0 Å². The van der Waals surface area contributed by atoms with E-state index in [-0.39, 0.29) is 6.29 Å². The maximum Gasteiger partial charge on any atom is 0.161 e. The predicted octanol–water partition coefficient (Wildman–Crippen LogP) is 4.11. The summed E-state index contributed by atoms with van der Waals surface area (Å²) in [5, 5.41) is 0. The molecule has 0 amide bonds. The molecule has 1 aliphatic carbocycles. The lowest BCUT2D eigenvalue weighted by atomic mass is 9.80. The summed E-state index contributed by atoms with van der Waals surface area (Å²) in [6, 6.07) is 8.66. The molecule has 0 unspecified atom stereocenters. The van der Waals surface area contributed by atoms with Crippen LogP contribution >= 0.6 is 0 Å². The van der Waals surface area contributed by atoms with Gasteiger partial charge >= 0.3 is 0 Å². The van der Waals surface area contributed by atoms with Gasteiger partial charge in [0.2, 0.25) is 0 Å². The van der Waals surface area contributed by atoms with Crippen LogP contribution in [0.25, 0.3) is 0 Å². The Morgan fingerprint density at radius 2 is 1.55 bits per heavy atom. The second-order valence-corrected chi connectivity index (χ2v) is 6.44. The third kappa shape index (κ3) is 3.62. The normalized spacial score (nSPS) is 28.4. The zero-order chi connectivity index (χ0) is 13.8. The Morgan fingerprint density at radius 3 is 2.20 bits per heavy atom. The van der Waals surface area contributed by atoms with Gasteiger partial charge < -0.3 is 9.47 Å². The molecule has 0 aromatic heterocycles. The molecule has 0 spiro atoms. The van der Waals surface area contributed by atoms with E-state index in [4.69, 9.17) is 9.47 Å². The van der Waals surface area contributed by atoms with Gasteiger partial charge in [0, 0.05) is 12.3 Å². The number of aryl methyl sites for hydroxylation is 1. The van der Waals surface area contributed by atoms with Gasteiger partial charge in [0.1, 0.15) is 0 Å². The Morgan fingerprint density at radius 1 is 0.900 bits per heavy atom. The summed E-state index contributed by atoms with van der Waals surface area (Å²) in [6.07, 6.45) is 7.79. The van der Waals surface area contributed by atoms with E-state index < -0.39 is 0 Å². The average molecular weight is 274 g/mol. The summed E-state index contributed by atoms with van der Waals surface area (Å²) in [6.45, 7) is 3.90. The Balaban J connectivity index is 1.47. The van der Waals surface area contributed by atoms with Crippen molar-refractivity contribution in [2.75, 3.05) is 13.2 Å². The highest BCUT2D eigenvalue weighted by Crippen LogP contribution is 2.32. The molecule has 0 N–H and O–H groups in total. The Bertz CT molecular complexity index is 398. The van der Waals surface area contributed by atoms with E-state index in [1.54, 1.807) is 0 Å². The molecular formula is C18H26O2. The summed E-state index contributed by atoms with van der Waals surface area (Å²) in [5.74, 6) is 1.47. The van der Waals surface area contributed by atoms with Crippen LogP contribution < -0.4 is 0 Å². The molecule has 1 aliphatic heterocycles. The smallest absolute Gasteiger partial charge is 0.161 e. The van der Waals surface area contributed by atoms with Crippen molar-refractivity contribution < 1.29 is 9.47 Å². The van der Waals surface area contributed by atoms with Crippen molar-refractivity contribution in [1.29, 1.82) is 0 Å². The fourth-order valence-electron chi connectivity index (χ4n) is 3.47. The topological polar surface area (TPSA) is 18.5 Å². The monoisotopic (exact) mass is 274 g/mol. The lowest BCUT2D eigenvalue weighted by Gasteiger charge is -2.36. The highest BCUT2D eigenvalue weighted by Gasteiger charge is 2.29. The van der Waals surface area contributed by atoms with E-state index in [1.807, 2.05) is 0 Å². The summed E-state index contributed by atoms with van der Waals surface area (Å²) in [7, 11) is 0. The molecule has 1 aromatic carbocycles. The fourth-order valence-corrected chi connectivity index (χ4v) is 3.47. The molecule has 3 rings (SSSR count). The van der Waals surface area contributed by atoms with Gasteiger partial charge in [0.15, 0.2) is 6.29 Å². The number of ether oxygens (including phenoxy) is 2. The molecule has 1 aromatic rings. The zero-order valence-electron chi connectivity index (χ0n) is 12.5. The molecular weight excluding hydrogens is 248 g/mol. The van der Waals surface area contributed by atoms with Crippen LogP contribution in [-0.4, -0.2) is 19.5 Å². The molecule has 2 nitrogen and oxygen atoms in total. The molecule has 110 valence electrons. The maximum absolute atomic E-state index is 5.96. The van der Waals surface area contributed by atoms with Crippen molar-refractivity contribution in [3.63, 3.8) is 0 Å². The third-order valence-electron chi connectivity index (χ3n) is 4.83. The van der Waals surface area contributed by atoms with Crippen LogP contribution in [0, 0.1) is 18.8 Å². The van der Waals surface area contributed by atoms with Crippen molar-refractivity contribution in [2.24, 2.45) is 11.8 Å². The van der Waals surface area contributed by atoms with Gasteiger partial charge in [-0.15, -0.1) is 0 Å². The largest absolute Gasteiger partial charge is 0.352 e. The van der Waals surface area contributed by atoms with Gasteiger partial charge in [-0.05, 0) is 18.4 Å². The second kappa shape index (κ2) is 6.73. The Hall–Kier alpha value is -0.860. The van der Waals surface area contributed by atoms with Crippen LogP contribution in [0.5, 0.6) is 0 Å². The van der Waals surface area contributed by atoms with Crippen LogP contribution in [0.4, 0.5) is 0 Å². The first-order valence-corrected chi connectivity index (χ1v) is 8.10. The standard InChI is InChI=1S/C18H26O2/c1-14-7-9-15(10-8-14)11-18-19-12-17(13-20-18)16-5-3-2-4-6-16/h7-10,16-18H,2-6,11-13H2,1H3. The first-order valence-electron chi connectivity index (χ1n) is 8.10. The van der Waals surface area contributed by atoms with E-state index in [0.29, 0.717) is 5.92 Å². The van der Waals surface area contributed by atoms with E-state index in [1.165, 1.54) is 43.2 Å². The Kier molecular flexibility index (Phi) is 4.74. The molecule has 20 heavy (non-hydrogen) atoms. The van der Waals surface area contributed by atoms with Gasteiger partial charge in [-0.1, -0.05) is 61.9 Å². The number of hydrogen-bond acceptors (Lipinski definition) is 2. The zero-order valence-corrected chi connectivity index (χ0v) is 12.5. The van der Waals surface area contributed by atoms with E-state index in [9.17, 15) is 0 Å². The minimum absolute atomic E-state index is 0.0439. The van der Waals surface area contributed by atoms with Crippen molar-refractivity contribution in [3.05, 3.63) is 35.4 Å². The summed E-state index contributed by atoms with van der Waals surface area (Å²) >= 11 is 0. The molecule has 2 heteroatoms. The van der Waals surface area contributed by atoms with Gasteiger partial charge in [-0.2, -0.15) is 0 Å². The highest BCUT2D eigenvalue weighted by atomic mass is 16.7. The van der Waals surface area contributed by atoms with Crippen molar-refractivity contribution in [2.45, 2.75) is 51.7 Å². The fraction of sp³-hybridized carbons (Fsp3) is 0.667. The minimum Gasteiger partial charge on any atom is -0.352 e. The minimum atomic E-state index is -0.0439. The molecule has 1 heterocycles. The predicted molar refractivity (Wildman–Crippen MR) is 80.6 cm³/mol. The lowest BCUT2D eigenvalue weighted by Crippen LogP contribution is -2.37. The number of benzene rings is 1. The maximum atomic E-state index is 5.96. The van der Waals surface area contributed by atoms with Crippen molar-refractivity contribution >= 4 is 0 Å². The average Bonchev–Trinajstić information content (AvgIpc) is 2.51. The van der Waals surface area contributed by atoms with E-state index in [0.717, 1.165) is 25.6 Å².